The molecular formula is C26H24FN3O3S2. The van der Waals surface area contributed by atoms with Gasteiger partial charge >= 0.3 is 0 Å². The Morgan fingerprint density at radius 3 is 2.31 bits per heavy atom. The quantitative estimate of drug-likeness (QED) is 0.380. The molecule has 6 nitrogen and oxygen atoms in total. The number of hydrogen-bond acceptors (Lipinski definition) is 5. The minimum absolute atomic E-state index is 0.230. The Kier molecular flexibility index (Phi) is 6.92. The lowest BCUT2D eigenvalue weighted by molar-refractivity contribution is 0.0730. The van der Waals surface area contributed by atoms with Gasteiger partial charge in [0.25, 0.3) is 0 Å². The van der Waals surface area contributed by atoms with Crippen LogP contribution in [0, 0.1) is 5.82 Å². The van der Waals surface area contributed by atoms with Gasteiger partial charge in [-0.15, -0.1) is 11.3 Å². The van der Waals surface area contributed by atoms with Gasteiger partial charge in [-0.3, -0.25) is 0 Å². The zero-order valence-corrected chi connectivity index (χ0v) is 20.5. The van der Waals surface area contributed by atoms with Gasteiger partial charge in [0.2, 0.25) is 10.0 Å². The summed E-state index contributed by atoms with van der Waals surface area (Å²) in [5, 5.41) is 1.90. The van der Waals surface area contributed by atoms with Crippen LogP contribution in [0.15, 0.2) is 94.1 Å². The standard InChI is InChI=1S/C26H24FN3O3S2/c27-24-9-5-4-8-23(24)25-19-34-26(30(25)18-20-6-2-1-3-7-20)28-21-10-12-22(13-11-21)35(31,32)29-14-16-33-17-15-29/h1-13,19H,14-18H2. The molecule has 1 aromatic heterocycles. The zero-order chi connectivity index (χ0) is 24.3. The molecule has 1 aliphatic rings. The molecule has 0 unspecified atom stereocenters. The first-order valence-corrected chi connectivity index (χ1v) is 13.5. The predicted octanol–water partition coefficient (Wildman–Crippen LogP) is 4.66. The number of benzene rings is 3. The van der Waals surface area contributed by atoms with Crippen LogP contribution in [-0.2, 0) is 21.3 Å². The zero-order valence-electron chi connectivity index (χ0n) is 18.9. The summed E-state index contributed by atoms with van der Waals surface area (Å²) in [7, 11) is -3.57. The molecule has 0 atom stereocenters. The Morgan fingerprint density at radius 1 is 0.914 bits per heavy atom. The maximum absolute atomic E-state index is 14.6. The number of thiazole rings is 1. The van der Waals surface area contributed by atoms with Gasteiger partial charge < -0.3 is 9.30 Å². The van der Waals surface area contributed by atoms with Crippen molar-refractivity contribution in [3.05, 3.63) is 100 Å². The molecule has 5 rings (SSSR count). The third-order valence-corrected chi connectivity index (χ3v) is 8.58. The number of halogens is 1. The molecule has 3 aromatic carbocycles. The van der Waals surface area contributed by atoms with Crippen molar-refractivity contribution >= 4 is 27.0 Å². The van der Waals surface area contributed by atoms with Crippen molar-refractivity contribution in [1.29, 1.82) is 0 Å². The minimum Gasteiger partial charge on any atom is -0.379 e. The maximum atomic E-state index is 14.6. The van der Waals surface area contributed by atoms with E-state index in [1.807, 2.05) is 46.3 Å². The molecule has 0 spiro atoms. The molecule has 180 valence electrons. The highest BCUT2D eigenvalue weighted by Crippen LogP contribution is 2.25. The number of ether oxygens (including phenoxy) is 1. The number of morpholine rings is 1. The fourth-order valence-electron chi connectivity index (χ4n) is 3.96. The van der Waals surface area contributed by atoms with E-state index in [-0.39, 0.29) is 10.7 Å². The van der Waals surface area contributed by atoms with E-state index in [9.17, 15) is 12.8 Å². The first-order chi connectivity index (χ1) is 17.0. The molecule has 1 fully saturated rings. The fraction of sp³-hybridized carbons (Fsp3) is 0.192. The van der Waals surface area contributed by atoms with E-state index in [4.69, 9.17) is 9.73 Å². The summed E-state index contributed by atoms with van der Waals surface area (Å²) in [6, 6.07) is 23.2. The Labute approximate surface area is 207 Å². The van der Waals surface area contributed by atoms with Gasteiger partial charge in [-0.25, -0.2) is 17.8 Å². The summed E-state index contributed by atoms with van der Waals surface area (Å²) in [4.78, 5) is 5.70. The summed E-state index contributed by atoms with van der Waals surface area (Å²) >= 11 is 1.42. The second-order valence-electron chi connectivity index (χ2n) is 8.08. The molecule has 0 aliphatic carbocycles. The van der Waals surface area contributed by atoms with E-state index in [0.29, 0.717) is 48.9 Å². The average molecular weight is 510 g/mol. The van der Waals surface area contributed by atoms with Gasteiger partial charge in [-0.1, -0.05) is 42.5 Å². The third kappa shape index (κ3) is 5.13. The van der Waals surface area contributed by atoms with Crippen LogP contribution in [0.4, 0.5) is 10.1 Å². The van der Waals surface area contributed by atoms with Gasteiger partial charge in [-0.2, -0.15) is 4.31 Å². The smallest absolute Gasteiger partial charge is 0.243 e. The molecule has 35 heavy (non-hydrogen) atoms. The van der Waals surface area contributed by atoms with Crippen molar-refractivity contribution in [3.8, 4) is 11.3 Å². The molecule has 0 amide bonds. The lowest BCUT2D eigenvalue weighted by Gasteiger charge is -2.26. The molecule has 1 saturated heterocycles. The monoisotopic (exact) mass is 509 g/mol. The summed E-state index contributed by atoms with van der Waals surface area (Å²) in [6.45, 7) is 2.02. The SMILES string of the molecule is O=S(=O)(c1ccc(N=c2scc(-c3ccccc3F)n2Cc2ccccc2)cc1)N1CCOCC1. The Hall–Kier alpha value is -3.11. The van der Waals surface area contributed by atoms with Crippen LogP contribution < -0.4 is 4.80 Å². The third-order valence-electron chi connectivity index (χ3n) is 5.80. The van der Waals surface area contributed by atoms with E-state index in [2.05, 4.69) is 0 Å². The molecule has 2 heterocycles. The molecule has 1 aliphatic heterocycles. The second-order valence-corrected chi connectivity index (χ2v) is 10.9. The van der Waals surface area contributed by atoms with Crippen molar-refractivity contribution in [2.75, 3.05) is 26.3 Å². The molecule has 0 bridgehead atoms. The van der Waals surface area contributed by atoms with Gasteiger partial charge in [0.15, 0.2) is 4.80 Å². The lowest BCUT2D eigenvalue weighted by Crippen LogP contribution is -2.40. The van der Waals surface area contributed by atoms with Gasteiger partial charge in [0.05, 0.1) is 36.0 Å². The Morgan fingerprint density at radius 2 is 1.60 bits per heavy atom. The van der Waals surface area contributed by atoms with Crippen LogP contribution in [0.5, 0.6) is 0 Å². The highest BCUT2D eigenvalue weighted by molar-refractivity contribution is 7.89. The van der Waals surface area contributed by atoms with Crippen LogP contribution in [0.1, 0.15) is 5.56 Å². The second kappa shape index (κ2) is 10.2. The van der Waals surface area contributed by atoms with Gasteiger partial charge in [0.1, 0.15) is 5.82 Å². The molecule has 4 aromatic rings. The fourth-order valence-corrected chi connectivity index (χ4v) is 6.29. The minimum atomic E-state index is -3.57. The van der Waals surface area contributed by atoms with E-state index < -0.39 is 10.0 Å². The van der Waals surface area contributed by atoms with Crippen molar-refractivity contribution < 1.29 is 17.5 Å². The highest BCUT2D eigenvalue weighted by Gasteiger charge is 2.26. The predicted molar refractivity (Wildman–Crippen MR) is 134 cm³/mol. The van der Waals surface area contributed by atoms with E-state index >= 15 is 0 Å². The number of hydrogen-bond donors (Lipinski definition) is 0. The Balaban J connectivity index is 1.52. The van der Waals surface area contributed by atoms with Crippen LogP contribution in [0.25, 0.3) is 11.3 Å². The van der Waals surface area contributed by atoms with Crippen LogP contribution >= 0.6 is 11.3 Å². The van der Waals surface area contributed by atoms with Crippen molar-refractivity contribution in [1.82, 2.24) is 8.87 Å². The van der Waals surface area contributed by atoms with E-state index in [1.54, 1.807) is 36.4 Å². The van der Waals surface area contributed by atoms with Crippen LogP contribution in [-0.4, -0.2) is 43.6 Å². The first kappa shape index (κ1) is 23.6. The molecule has 0 N–H and O–H groups in total. The topological polar surface area (TPSA) is 63.9 Å². The number of aromatic nitrogens is 1. The number of rotatable bonds is 6. The van der Waals surface area contributed by atoms with Crippen molar-refractivity contribution in [2.45, 2.75) is 11.4 Å². The summed E-state index contributed by atoms with van der Waals surface area (Å²) in [6.07, 6.45) is 0. The van der Waals surface area contributed by atoms with E-state index in [0.717, 1.165) is 11.3 Å². The van der Waals surface area contributed by atoms with Crippen molar-refractivity contribution in [3.63, 3.8) is 0 Å². The molecule has 9 heteroatoms. The number of sulfonamides is 1. The highest BCUT2D eigenvalue weighted by atomic mass is 32.2. The van der Waals surface area contributed by atoms with Crippen molar-refractivity contribution in [2.24, 2.45) is 4.99 Å². The normalized spacial score (nSPS) is 15.4. The number of nitrogens with zero attached hydrogens (tertiary/aromatic N) is 3. The average Bonchev–Trinajstić information content (AvgIpc) is 3.27. The van der Waals surface area contributed by atoms with Crippen LogP contribution in [0.3, 0.4) is 0 Å². The van der Waals surface area contributed by atoms with Gasteiger partial charge in [-0.05, 0) is 42.0 Å². The molecule has 0 saturated carbocycles. The lowest BCUT2D eigenvalue weighted by atomic mass is 10.1. The summed E-state index contributed by atoms with van der Waals surface area (Å²) in [5.41, 5.74) is 2.93. The molecule has 0 radical (unpaired) electrons. The first-order valence-electron chi connectivity index (χ1n) is 11.2. The Bertz CT molecular complexity index is 1470. The van der Waals surface area contributed by atoms with Crippen LogP contribution in [0.2, 0.25) is 0 Å². The summed E-state index contributed by atoms with van der Waals surface area (Å²) < 4.78 is 49.1. The maximum Gasteiger partial charge on any atom is 0.243 e. The van der Waals surface area contributed by atoms with E-state index in [1.165, 1.54) is 21.7 Å². The van der Waals surface area contributed by atoms with Gasteiger partial charge in [0, 0.05) is 24.0 Å². The molecular weight excluding hydrogens is 485 g/mol. The summed E-state index contributed by atoms with van der Waals surface area (Å²) in [5.74, 6) is -0.295. The largest absolute Gasteiger partial charge is 0.379 e.